The van der Waals surface area contributed by atoms with Crippen molar-refractivity contribution in [3.05, 3.63) is 54.0 Å². The second kappa shape index (κ2) is 5.39. The summed E-state index contributed by atoms with van der Waals surface area (Å²) in [5, 5.41) is 0. The van der Waals surface area contributed by atoms with Gasteiger partial charge in [0.2, 0.25) is 0 Å². The first-order chi connectivity index (χ1) is 9.15. The fourth-order valence-corrected chi connectivity index (χ4v) is 1.74. The second-order valence-corrected chi connectivity index (χ2v) is 3.88. The fourth-order valence-electron chi connectivity index (χ4n) is 1.74. The van der Waals surface area contributed by atoms with Gasteiger partial charge in [0.25, 0.3) is 5.91 Å². The molecule has 0 bridgehead atoms. The van der Waals surface area contributed by atoms with Crippen molar-refractivity contribution in [3.8, 4) is 0 Å². The largest absolute Gasteiger partial charge is 0.472 e. The molecule has 1 amide bonds. The quantitative estimate of drug-likeness (QED) is 0.794. The van der Waals surface area contributed by atoms with Crippen LogP contribution in [0.3, 0.4) is 0 Å². The number of rotatable bonds is 3. The molecule has 1 heterocycles. The molecule has 19 heavy (non-hydrogen) atoms. The van der Waals surface area contributed by atoms with Gasteiger partial charge >= 0.3 is 5.97 Å². The Kier molecular flexibility index (Phi) is 3.66. The Morgan fingerprint density at radius 3 is 2.58 bits per heavy atom. The van der Waals surface area contributed by atoms with E-state index < -0.39 is 5.97 Å². The van der Waals surface area contributed by atoms with Crippen LogP contribution in [0.4, 0.5) is 5.69 Å². The van der Waals surface area contributed by atoms with Gasteiger partial charge in [-0.3, -0.25) is 4.79 Å². The zero-order valence-corrected chi connectivity index (χ0v) is 10.6. The van der Waals surface area contributed by atoms with Crippen molar-refractivity contribution in [1.29, 1.82) is 0 Å². The number of hydrogen-bond acceptors (Lipinski definition) is 4. The van der Waals surface area contributed by atoms with Gasteiger partial charge in [-0.2, -0.15) is 0 Å². The van der Waals surface area contributed by atoms with Crippen LogP contribution in [0, 0.1) is 0 Å². The highest BCUT2D eigenvalue weighted by Crippen LogP contribution is 2.21. The number of para-hydroxylation sites is 1. The minimum absolute atomic E-state index is 0.259. The molecule has 0 aliphatic carbocycles. The van der Waals surface area contributed by atoms with Crippen molar-refractivity contribution in [3.63, 3.8) is 0 Å². The predicted octanol–water partition coefficient (Wildman–Crippen LogP) is 2.34. The number of methoxy groups -OCH3 is 1. The molecule has 0 radical (unpaired) electrons. The average molecular weight is 259 g/mol. The number of anilines is 1. The van der Waals surface area contributed by atoms with Crippen LogP contribution in [-0.2, 0) is 4.74 Å². The Labute approximate surface area is 110 Å². The van der Waals surface area contributed by atoms with Gasteiger partial charge in [0.1, 0.15) is 6.26 Å². The maximum absolute atomic E-state index is 12.2. The Bertz CT molecular complexity index is 589. The molecule has 0 aliphatic heterocycles. The molecule has 5 heteroatoms. The monoisotopic (exact) mass is 259 g/mol. The Hall–Kier alpha value is -2.56. The van der Waals surface area contributed by atoms with Crippen LogP contribution in [0.1, 0.15) is 20.7 Å². The lowest BCUT2D eigenvalue weighted by Crippen LogP contribution is -2.27. The molecule has 5 nitrogen and oxygen atoms in total. The predicted molar refractivity (Wildman–Crippen MR) is 69.2 cm³/mol. The van der Waals surface area contributed by atoms with Crippen molar-refractivity contribution in [2.24, 2.45) is 0 Å². The van der Waals surface area contributed by atoms with E-state index in [9.17, 15) is 9.59 Å². The minimum atomic E-state index is -0.484. The van der Waals surface area contributed by atoms with Gasteiger partial charge in [0.05, 0.1) is 30.2 Å². The summed E-state index contributed by atoms with van der Waals surface area (Å²) in [6.45, 7) is 0. The van der Waals surface area contributed by atoms with E-state index in [0.717, 1.165) is 0 Å². The third-order valence-corrected chi connectivity index (χ3v) is 2.74. The smallest absolute Gasteiger partial charge is 0.339 e. The SMILES string of the molecule is COC(=O)c1ccccc1N(C)C(=O)c1ccoc1. The van der Waals surface area contributed by atoms with Crippen LogP contribution in [0.25, 0.3) is 0 Å². The van der Waals surface area contributed by atoms with Crippen LogP contribution in [0.2, 0.25) is 0 Å². The van der Waals surface area contributed by atoms with Gasteiger partial charge in [-0.1, -0.05) is 12.1 Å². The summed E-state index contributed by atoms with van der Waals surface area (Å²) in [5.74, 6) is -0.743. The molecule has 0 fully saturated rings. The zero-order chi connectivity index (χ0) is 13.8. The van der Waals surface area contributed by atoms with Crippen LogP contribution in [0.15, 0.2) is 47.3 Å². The van der Waals surface area contributed by atoms with E-state index in [-0.39, 0.29) is 5.91 Å². The van der Waals surface area contributed by atoms with Crippen LogP contribution in [-0.4, -0.2) is 26.0 Å². The summed E-state index contributed by atoms with van der Waals surface area (Å²) in [4.78, 5) is 25.2. The maximum Gasteiger partial charge on any atom is 0.339 e. The molecular formula is C14H13NO4. The molecule has 0 spiro atoms. The highest BCUT2D eigenvalue weighted by Gasteiger charge is 2.20. The Morgan fingerprint density at radius 1 is 1.21 bits per heavy atom. The molecule has 0 N–H and O–H groups in total. The van der Waals surface area contributed by atoms with Gasteiger partial charge in [0, 0.05) is 7.05 Å². The van der Waals surface area contributed by atoms with E-state index in [1.165, 1.54) is 24.5 Å². The third kappa shape index (κ3) is 2.49. The minimum Gasteiger partial charge on any atom is -0.472 e. The molecule has 0 saturated carbocycles. The topological polar surface area (TPSA) is 59.8 Å². The van der Waals surface area contributed by atoms with E-state index in [0.29, 0.717) is 16.8 Å². The van der Waals surface area contributed by atoms with Crippen molar-refractivity contribution in [2.75, 3.05) is 19.1 Å². The first-order valence-corrected chi connectivity index (χ1v) is 5.62. The Balaban J connectivity index is 2.36. The number of esters is 1. The lowest BCUT2D eigenvalue weighted by Gasteiger charge is -2.19. The van der Waals surface area contributed by atoms with Crippen LogP contribution >= 0.6 is 0 Å². The molecule has 2 aromatic rings. The van der Waals surface area contributed by atoms with Crippen molar-refractivity contribution >= 4 is 17.6 Å². The van der Waals surface area contributed by atoms with Gasteiger partial charge in [-0.15, -0.1) is 0 Å². The highest BCUT2D eigenvalue weighted by molar-refractivity contribution is 6.09. The van der Waals surface area contributed by atoms with Crippen molar-refractivity contribution in [1.82, 2.24) is 0 Å². The molecule has 0 unspecified atom stereocenters. The number of nitrogens with zero attached hydrogens (tertiary/aromatic N) is 1. The second-order valence-electron chi connectivity index (χ2n) is 3.88. The molecule has 0 atom stereocenters. The van der Waals surface area contributed by atoms with Crippen molar-refractivity contribution < 1.29 is 18.7 Å². The molecule has 0 aliphatic rings. The maximum atomic E-state index is 12.2. The number of furan rings is 1. The van der Waals surface area contributed by atoms with Gasteiger partial charge < -0.3 is 14.1 Å². The Morgan fingerprint density at radius 2 is 1.95 bits per heavy atom. The number of ether oxygens (including phenoxy) is 1. The number of hydrogen-bond donors (Lipinski definition) is 0. The normalized spacial score (nSPS) is 10.0. The number of carbonyl (C=O) groups excluding carboxylic acids is 2. The first kappa shape index (κ1) is 12.9. The van der Waals surface area contributed by atoms with E-state index >= 15 is 0 Å². The third-order valence-electron chi connectivity index (χ3n) is 2.74. The van der Waals surface area contributed by atoms with Gasteiger partial charge in [-0.25, -0.2) is 4.79 Å². The molecule has 98 valence electrons. The molecular weight excluding hydrogens is 246 g/mol. The summed E-state index contributed by atoms with van der Waals surface area (Å²) in [7, 11) is 2.90. The standard InChI is InChI=1S/C14H13NO4/c1-15(13(16)10-7-8-19-9-10)12-6-4-3-5-11(12)14(17)18-2/h3-9H,1-2H3. The summed E-state index contributed by atoms with van der Waals surface area (Å²) in [6.07, 6.45) is 2.78. The molecule has 1 aromatic heterocycles. The number of benzene rings is 1. The number of amides is 1. The van der Waals surface area contributed by atoms with Crippen LogP contribution in [0.5, 0.6) is 0 Å². The highest BCUT2D eigenvalue weighted by atomic mass is 16.5. The molecule has 2 rings (SSSR count). The zero-order valence-electron chi connectivity index (χ0n) is 10.6. The number of carbonyl (C=O) groups is 2. The summed E-state index contributed by atoms with van der Waals surface area (Å²) >= 11 is 0. The first-order valence-electron chi connectivity index (χ1n) is 5.62. The van der Waals surface area contributed by atoms with E-state index in [4.69, 9.17) is 9.15 Å². The van der Waals surface area contributed by atoms with Gasteiger partial charge in [-0.05, 0) is 18.2 Å². The van der Waals surface area contributed by atoms with Crippen molar-refractivity contribution in [2.45, 2.75) is 0 Å². The lowest BCUT2D eigenvalue weighted by molar-refractivity contribution is 0.0601. The fraction of sp³-hybridized carbons (Fsp3) is 0.143. The van der Waals surface area contributed by atoms with E-state index in [2.05, 4.69) is 0 Å². The van der Waals surface area contributed by atoms with Crippen LogP contribution < -0.4 is 4.90 Å². The van der Waals surface area contributed by atoms with Gasteiger partial charge in [0.15, 0.2) is 0 Å². The summed E-state index contributed by atoms with van der Waals surface area (Å²) < 4.78 is 9.58. The molecule has 1 aromatic carbocycles. The molecule has 0 saturated heterocycles. The lowest BCUT2D eigenvalue weighted by atomic mass is 10.1. The van der Waals surface area contributed by atoms with E-state index in [1.807, 2.05) is 0 Å². The van der Waals surface area contributed by atoms with E-state index in [1.54, 1.807) is 37.4 Å². The average Bonchev–Trinajstić information content (AvgIpc) is 2.99. The summed E-state index contributed by atoms with van der Waals surface area (Å²) in [5.41, 5.74) is 1.24. The summed E-state index contributed by atoms with van der Waals surface area (Å²) in [6, 6.07) is 8.33.